The molecule has 530 valence electrons. The number of halogens is 4. The van der Waals surface area contributed by atoms with E-state index in [0.717, 1.165) is 86.7 Å². The molecule has 16 rings (SSSR count). The smallest absolute Gasteiger partial charge is 0.337 e. The van der Waals surface area contributed by atoms with Crippen molar-refractivity contribution in [3.8, 4) is 5.75 Å². The number of H-pyrrole nitrogens is 4. The van der Waals surface area contributed by atoms with Gasteiger partial charge in [0.05, 0.1) is 39.6 Å². The van der Waals surface area contributed by atoms with Crippen LogP contribution in [0.1, 0.15) is 69.6 Å². The summed E-state index contributed by atoms with van der Waals surface area (Å²) >= 11 is 24.0. The van der Waals surface area contributed by atoms with Gasteiger partial charge < -0.3 is 61.6 Å². The van der Waals surface area contributed by atoms with Crippen molar-refractivity contribution in [1.29, 1.82) is 0 Å². The molecule has 0 saturated heterocycles. The first-order valence-corrected chi connectivity index (χ1v) is 34.4. The van der Waals surface area contributed by atoms with Gasteiger partial charge >= 0.3 is 5.97 Å². The molecule has 4 heterocycles. The monoisotopic (exact) mass is 1500 g/mol. The number of nitrogens with zero attached hydrogens (tertiary/aromatic N) is 1. The summed E-state index contributed by atoms with van der Waals surface area (Å²) in [6.07, 6.45) is 0. The lowest BCUT2D eigenvalue weighted by molar-refractivity contribution is -0.133. The maximum Gasteiger partial charge on any atom is 0.337 e. The number of benzene rings is 12. The van der Waals surface area contributed by atoms with Crippen molar-refractivity contribution in [1.82, 2.24) is 24.8 Å². The number of fused-ring (bicyclic) bond motifs is 8. The highest BCUT2D eigenvalue weighted by Crippen LogP contribution is 2.34. The highest BCUT2D eigenvalue weighted by Gasteiger charge is 2.22. The average Bonchev–Trinajstić information content (AvgIpc) is 1.65. The molecule has 0 aliphatic rings. The lowest BCUT2D eigenvalue weighted by Gasteiger charge is -2.16. The number of carbonyl (C=O) groups is 8. The van der Waals surface area contributed by atoms with Gasteiger partial charge in [0.15, 0.2) is 0 Å². The first-order valence-electron chi connectivity index (χ1n) is 32.9. The van der Waals surface area contributed by atoms with E-state index in [1.165, 1.54) is 11.8 Å². The van der Waals surface area contributed by atoms with Crippen LogP contribution >= 0.6 is 46.4 Å². The van der Waals surface area contributed by atoms with Crippen molar-refractivity contribution in [2.24, 2.45) is 0 Å². The van der Waals surface area contributed by atoms with Crippen LogP contribution in [-0.4, -0.2) is 96.3 Å². The Kier molecular flexibility index (Phi) is 20.9. The molecular weight excluding hydrogens is 1440 g/mol. The highest BCUT2D eigenvalue weighted by molar-refractivity contribution is 6.40. The van der Waals surface area contributed by atoms with Crippen molar-refractivity contribution < 1.29 is 48.6 Å². The number of aromatic hydroxyl groups is 1. The van der Waals surface area contributed by atoms with Gasteiger partial charge in [-0.3, -0.25) is 33.6 Å². The standard InChI is InChI=1S/C22H16ClN3O3.C22H18ClN3O2.C20H13ClN2O3.C19H13ClN2O2/c1-12(27)21(28)25-18-9-13-4-2-3-5-14(13)10-19(18)26-22(29)20-11-15-8-16(23)6-7-17(15)24-20;1-26(2)22(28)17-10-13-5-3-4-6-14(13)11-19(17)25-21(27)20-12-15-9-16(23)7-8-18(15)24-20;21-14-5-6-16-13(7-14)10-18(22-16)19(24)23-17-9-12-4-2-1-3-11(12)8-15(17)20(25)26;20-14-5-6-15-13(7-14)9-17(21-15)19(24)22-16-8-11-3-1-2-4-12(11)10-18(16)23/h2-11,24H,1H3,(H,25,28)(H,26,29);3-12,24H,1-2H3,(H,25,27);1-10,22H,(H,23,24)(H,25,26);1-10,21,23H,(H,22,24). The van der Waals surface area contributed by atoms with Crippen LogP contribution in [0.4, 0.5) is 28.4 Å². The third kappa shape index (κ3) is 16.6. The molecule has 0 atom stereocenters. The molecule has 20 nitrogen and oxygen atoms in total. The minimum absolute atomic E-state index is 0.0289. The summed E-state index contributed by atoms with van der Waals surface area (Å²) in [5.41, 5.74) is 6.97. The van der Waals surface area contributed by atoms with Crippen LogP contribution < -0.4 is 26.6 Å². The first kappa shape index (κ1) is 72.1. The van der Waals surface area contributed by atoms with Gasteiger partial charge in [-0.1, -0.05) is 143 Å². The number of aromatic amines is 4. The molecule has 0 spiro atoms. The Hall–Kier alpha value is -13.2. The van der Waals surface area contributed by atoms with E-state index < -0.39 is 23.6 Å². The maximum atomic E-state index is 12.8. The summed E-state index contributed by atoms with van der Waals surface area (Å²) in [4.78, 5) is 112. The summed E-state index contributed by atoms with van der Waals surface area (Å²) < 4.78 is 0. The molecule has 0 fully saturated rings. The predicted octanol–water partition coefficient (Wildman–Crippen LogP) is 19.5. The molecule has 6 amide bonds. The van der Waals surface area contributed by atoms with Crippen molar-refractivity contribution in [2.75, 3.05) is 40.7 Å². The molecule has 12 aromatic carbocycles. The number of phenolic OH excluding ortho intramolecular Hbond substituents is 1. The molecule has 16 aromatic rings. The van der Waals surface area contributed by atoms with Crippen LogP contribution in [-0.2, 0) is 9.59 Å². The van der Waals surface area contributed by atoms with Gasteiger partial charge in [-0.25, -0.2) is 4.79 Å². The number of ketones is 1. The number of carboxylic acids is 1. The average molecular weight is 1500 g/mol. The summed E-state index contributed by atoms with van der Waals surface area (Å²) in [6, 6.07) is 72.1. The predicted molar refractivity (Wildman–Crippen MR) is 427 cm³/mol. The topological polar surface area (TPSA) is 304 Å². The van der Waals surface area contributed by atoms with E-state index in [1.807, 2.05) is 115 Å². The van der Waals surface area contributed by atoms with Crippen LogP contribution in [0.3, 0.4) is 0 Å². The quantitative estimate of drug-likeness (QED) is 0.0406. The van der Waals surface area contributed by atoms with Gasteiger partial charge in [0.1, 0.15) is 28.5 Å². The van der Waals surface area contributed by atoms with E-state index in [1.54, 1.807) is 141 Å². The van der Waals surface area contributed by atoms with Crippen LogP contribution in [0.2, 0.25) is 20.1 Å². The van der Waals surface area contributed by atoms with Crippen LogP contribution in [0.25, 0.3) is 86.7 Å². The van der Waals surface area contributed by atoms with Crippen molar-refractivity contribution in [3.63, 3.8) is 0 Å². The lowest BCUT2D eigenvalue weighted by Crippen LogP contribution is -2.24. The molecular formula is C83H60Cl4N10O10. The molecule has 0 aliphatic heterocycles. The molecule has 107 heavy (non-hydrogen) atoms. The second kappa shape index (κ2) is 31.0. The van der Waals surface area contributed by atoms with E-state index in [-0.39, 0.29) is 40.6 Å². The van der Waals surface area contributed by atoms with E-state index >= 15 is 0 Å². The van der Waals surface area contributed by atoms with Crippen LogP contribution in [0.15, 0.2) is 243 Å². The fraction of sp³-hybridized carbons (Fsp3) is 0.0361. The summed E-state index contributed by atoms with van der Waals surface area (Å²) in [5, 5.41) is 46.1. The minimum atomic E-state index is -1.10. The maximum absolute atomic E-state index is 12.8. The van der Waals surface area contributed by atoms with Gasteiger partial charge in [0.2, 0.25) is 5.78 Å². The number of aromatic carboxylic acids is 1. The van der Waals surface area contributed by atoms with Gasteiger partial charge in [-0.15, -0.1) is 0 Å². The van der Waals surface area contributed by atoms with Gasteiger partial charge in [-0.05, 0) is 189 Å². The van der Waals surface area contributed by atoms with Crippen molar-refractivity contribution in [3.05, 3.63) is 297 Å². The zero-order chi connectivity index (χ0) is 75.3. The third-order valence-electron chi connectivity index (χ3n) is 17.3. The fourth-order valence-corrected chi connectivity index (χ4v) is 12.7. The third-order valence-corrected chi connectivity index (χ3v) is 18.2. The second-order valence-corrected chi connectivity index (χ2v) is 26.7. The number of aromatic nitrogens is 4. The van der Waals surface area contributed by atoms with Crippen LogP contribution in [0, 0.1) is 0 Å². The van der Waals surface area contributed by atoms with E-state index in [0.29, 0.717) is 71.2 Å². The SMILES string of the molecule is CC(=O)C(=O)Nc1cc2ccccc2cc1NC(=O)c1cc2cc(Cl)ccc2[nH]1.CN(C)C(=O)c1cc2ccccc2cc1NC(=O)c1cc2cc(Cl)ccc2[nH]1.O=C(Nc1cc2ccccc2cc1C(=O)O)c1cc2cc(Cl)ccc2[nH]1.O=C(Nc1cc2ccccc2cc1O)c1cc2cc(Cl)ccc2[nH]1. The van der Waals surface area contributed by atoms with Gasteiger partial charge in [0.25, 0.3) is 35.4 Å². The Bertz CT molecular complexity index is 6300. The van der Waals surface area contributed by atoms with Crippen molar-refractivity contribution >= 4 is 209 Å². The molecule has 11 N–H and O–H groups in total. The van der Waals surface area contributed by atoms with Gasteiger partial charge in [-0.2, -0.15) is 0 Å². The molecule has 0 radical (unpaired) electrons. The number of hydrogen-bond donors (Lipinski definition) is 11. The molecule has 0 bridgehead atoms. The Morgan fingerprint density at radius 2 is 0.589 bits per heavy atom. The molecule has 0 saturated carbocycles. The molecule has 0 aliphatic carbocycles. The Labute approximate surface area is 628 Å². The number of nitrogens with one attached hydrogen (secondary N) is 9. The second-order valence-electron chi connectivity index (χ2n) is 24.9. The summed E-state index contributed by atoms with van der Waals surface area (Å²) in [6.45, 7) is 1.18. The number of carbonyl (C=O) groups excluding carboxylic acids is 7. The highest BCUT2D eigenvalue weighted by atomic mass is 35.5. The van der Waals surface area contributed by atoms with Gasteiger partial charge in [0, 0.05) is 84.7 Å². The Balaban J connectivity index is 0.000000126. The molecule has 0 unspecified atom stereocenters. The number of Topliss-reactive ketones (excluding diaryl/α,β-unsaturated/α-hetero) is 1. The molecule has 4 aromatic heterocycles. The van der Waals surface area contributed by atoms with Crippen molar-refractivity contribution in [2.45, 2.75) is 6.92 Å². The van der Waals surface area contributed by atoms with E-state index in [9.17, 15) is 48.6 Å². The normalized spacial score (nSPS) is 10.9. The summed E-state index contributed by atoms with van der Waals surface area (Å²) in [5.74, 6) is -4.08. The van der Waals surface area contributed by atoms with E-state index in [4.69, 9.17) is 46.4 Å². The largest absolute Gasteiger partial charge is 0.506 e. The van der Waals surface area contributed by atoms with Crippen LogP contribution in [0.5, 0.6) is 5.75 Å². The Morgan fingerprint density at radius 3 is 0.916 bits per heavy atom. The zero-order valence-electron chi connectivity index (χ0n) is 56.7. The Morgan fingerprint density at radius 1 is 0.318 bits per heavy atom. The number of hydrogen-bond acceptors (Lipinski definition) is 9. The number of amides is 6. The lowest BCUT2D eigenvalue weighted by atomic mass is 10.0. The summed E-state index contributed by atoms with van der Waals surface area (Å²) in [7, 11) is 3.37. The fourth-order valence-electron chi connectivity index (χ4n) is 11.9. The first-order chi connectivity index (χ1) is 51.4. The van der Waals surface area contributed by atoms with E-state index in [2.05, 4.69) is 46.5 Å². The number of phenols is 1. The minimum Gasteiger partial charge on any atom is -0.506 e. The number of rotatable bonds is 12. The zero-order valence-corrected chi connectivity index (χ0v) is 59.7. The number of carboxylic acid groups (broad SMARTS) is 1. The molecule has 24 heteroatoms. The number of anilines is 5.